The molecule has 1 heterocycles. The minimum absolute atomic E-state index is 0.155. The molecule has 1 aliphatic rings. The first-order valence-corrected chi connectivity index (χ1v) is 9.19. The smallest absolute Gasteiger partial charge is 0.286 e. The molecule has 1 fully saturated rings. The highest BCUT2D eigenvalue weighted by molar-refractivity contribution is 8.26. The van der Waals surface area contributed by atoms with Gasteiger partial charge in [-0.2, -0.15) is 10.1 Å². The molecule has 3 rings (SSSR count). The average molecular weight is 411 g/mol. The van der Waals surface area contributed by atoms with E-state index in [1.54, 1.807) is 6.08 Å². The summed E-state index contributed by atoms with van der Waals surface area (Å²) in [6.07, 6.45) is 6.32. The Bertz CT molecular complexity index is 1030. The van der Waals surface area contributed by atoms with E-state index in [4.69, 9.17) is 12.2 Å². The Hall–Kier alpha value is -3.30. The van der Waals surface area contributed by atoms with Gasteiger partial charge in [-0.1, -0.05) is 48.2 Å². The molecule has 140 valence electrons. The zero-order valence-electron chi connectivity index (χ0n) is 14.3. The van der Waals surface area contributed by atoms with Crippen LogP contribution in [-0.4, -0.2) is 31.5 Å². The van der Waals surface area contributed by atoms with Crippen molar-refractivity contribution in [1.29, 1.82) is 0 Å². The van der Waals surface area contributed by atoms with Crippen LogP contribution < -0.4 is 0 Å². The minimum Gasteiger partial charge on any atom is -0.507 e. The highest BCUT2D eigenvalue weighted by atomic mass is 32.2. The van der Waals surface area contributed by atoms with Gasteiger partial charge in [0.15, 0.2) is 4.32 Å². The first kappa shape index (κ1) is 19.5. The number of aromatic hydroxyl groups is 1. The molecule has 0 bridgehead atoms. The molecule has 0 unspecified atom stereocenters. The molecular formula is C19H13N3O4S2. The van der Waals surface area contributed by atoms with E-state index in [1.165, 1.54) is 30.5 Å². The summed E-state index contributed by atoms with van der Waals surface area (Å²) in [5.41, 5.74) is 0.951. The summed E-state index contributed by atoms with van der Waals surface area (Å²) < 4.78 is 0.227. The van der Waals surface area contributed by atoms with E-state index in [0.29, 0.717) is 0 Å². The summed E-state index contributed by atoms with van der Waals surface area (Å²) >= 11 is 6.18. The number of hydrogen-bond acceptors (Lipinski definition) is 7. The number of non-ortho nitro benzene ring substituents is 1. The summed E-state index contributed by atoms with van der Waals surface area (Å²) in [7, 11) is 0. The van der Waals surface area contributed by atoms with Crippen LogP contribution in [0.3, 0.4) is 0 Å². The second-order valence-corrected chi connectivity index (χ2v) is 7.20. The van der Waals surface area contributed by atoms with E-state index >= 15 is 0 Å². The summed E-state index contributed by atoms with van der Waals surface area (Å²) in [6, 6.07) is 13.2. The molecule has 2 aromatic rings. The van der Waals surface area contributed by atoms with Gasteiger partial charge in [-0.15, -0.1) is 0 Å². The van der Waals surface area contributed by atoms with Gasteiger partial charge in [-0.25, -0.2) is 0 Å². The Balaban J connectivity index is 1.77. The molecule has 9 heteroatoms. The van der Waals surface area contributed by atoms with Crippen molar-refractivity contribution < 1.29 is 14.8 Å². The van der Waals surface area contributed by atoms with Crippen LogP contribution >= 0.6 is 24.0 Å². The number of hydrogen-bond donors (Lipinski definition) is 1. The third-order valence-corrected chi connectivity index (χ3v) is 4.92. The number of hydrazone groups is 1. The van der Waals surface area contributed by atoms with Crippen LogP contribution in [0.2, 0.25) is 0 Å². The lowest BCUT2D eigenvalue weighted by Gasteiger charge is -2.05. The van der Waals surface area contributed by atoms with Crippen LogP contribution in [-0.2, 0) is 4.79 Å². The number of nitro benzene ring substituents is 1. The van der Waals surface area contributed by atoms with Gasteiger partial charge in [0.25, 0.3) is 11.6 Å². The topological polar surface area (TPSA) is 96.0 Å². The first-order chi connectivity index (χ1) is 13.5. The highest BCUT2D eigenvalue weighted by Gasteiger charge is 2.32. The van der Waals surface area contributed by atoms with Crippen LogP contribution in [0.4, 0.5) is 5.69 Å². The molecule has 0 atom stereocenters. The Labute approximate surface area is 169 Å². The number of carbonyl (C=O) groups excluding carboxylic acids is 1. The summed E-state index contributed by atoms with van der Waals surface area (Å²) in [5, 5.41) is 25.9. The van der Waals surface area contributed by atoms with Gasteiger partial charge in [0, 0.05) is 23.9 Å². The number of carbonyl (C=O) groups is 1. The van der Waals surface area contributed by atoms with Crippen LogP contribution in [0.25, 0.3) is 12.2 Å². The van der Waals surface area contributed by atoms with Gasteiger partial charge in [-0.3, -0.25) is 14.9 Å². The molecule has 0 spiro atoms. The van der Waals surface area contributed by atoms with E-state index in [-0.39, 0.29) is 26.2 Å². The molecule has 1 aliphatic heterocycles. The molecule has 0 aromatic heterocycles. The predicted octanol–water partition coefficient (Wildman–Crippen LogP) is 4.20. The zero-order valence-corrected chi connectivity index (χ0v) is 15.9. The Morgan fingerprint density at radius 1 is 1.21 bits per heavy atom. The minimum atomic E-state index is -0.578. The number of phenolic OH excluding ortho intramolecular Hbond substituents is 1. The largest absolute Gasteiger partial charge is 0.507 e. The van der Waals surface area contributed by atoms with Crippen LogP contribution in [0.1, 0.15) is 11.1 Å². The van der Waals surface area contributed by atoms with Crippen molar-refractivity contribution in [2.45, 2.75) is 0 Å². The fourth-order valence-electron chi connectivity index (χ4n) is 2.29. The highest BCUT2D eigenvalue weighted by Crippen LogP contribution is 2.35. The quantitative estimate of drug-likeness (QED) is 0.260. The number of benzene rings is 2. The Kier molecular flexibility index (Phi) is 5.97. The molecule has 28 heavy (non-hydrogen) atoms. The van der Waals surface area contributed by atoms with Crippen LogP contribution in [0.15, 0.2) is 64.6 Å². The lowest BCUT2D eigenvalue weighted by Crippen LogP contribution is -2.21. The van der Waals surface area contributed by atoms with E-state index in [2.05, 4.69) is 5.10 Å². The Morgan fingerprint density at radius 2 is 1.96 bits per heavy atom. The SMILES string of the molecule is O=C1/C(=C\c2cc([N+](=O)[O-])ccc2O)SC(=S)N1/N=C/C=C\c1ccccc1. The number of amides is 1. The van der Waals surface area contributed by atoms with Crippen LogP contribution in [0.5, 0.6) is 5.75 Å². The normalized spacial score (nSPS) is 16.0. The maximum Gasteiger partial charge on any atom is 0.286 e. The van der Waals surface area contributed by atoms with Crippen molar-refractivity contribution in [2.75, 3.05) is 0 Å². The summed E-state index contributed by atoms with van der Waals surface area (Å²) in [6.45, 7) is 0. The van der Waals surface area contributed by atoms with Crippen molar-refractivity contribution in [3.8, 4) is 5.75 Å². The third-order valence-electron chi connectivity index (χ3n) is 3.64. The predicted molar refractivity (Wildman–Crippen MR) is 114 cm³/mol. The molecule has 2 aromatic carbocycles. The number of phenols is 1. The number of thioether (sulfide) groups is 1. The Morgan fingerprint density at radius 3 is 2.68 bits per heavy atom. The molecule has 7 nitrogen and oxygen atoms in total. The average Bonchev–Trinajstić information content (AvgIpc) is 2.94. The fraction of sp³-hybridized carbons (Fsp3) is 0. The van der Waals surface area contributed by atoms with Gasteiger partial charge in [0.05, 0.1) is 9.83 Å². The lowest BCUT2D eigenvalue weighted by molar-refractivity contribution is -0.384. The number of nitro groups is 1. The third kappa shape index (κ3) is 4.51. The van der Waals surface area contributed by atoms with E-state index < -0.39 is 10.8 Å². The van der Waals surface area contributed by atoms with Crippen molar-refractivity contribution in [3.63, 3.8) is 0 Å². The summed E-state index contributed by atoms with van der Waals surface area (Å²) in [5.74, 6) is -0.643. The van der Waals surface area contributed by atoms with E-state index in [1.807, 2.05) is 36.4 Å². The maximum absolute atomic E-state index is 12.5. The van der Waals surface area contributed by atoms with Gasteiger partial charge in [0.2, 0.25) is 0 Å². The number of nitrogens with zero attached hydrogens (tertiary/aromatic N) is 3. The maximum atomic E-state index is 12.5. The lowest BCUT2D eigenvalue weighted by atomic mass is 10.1. The van der Waals surface area contributed by atoms with E-state index in [0.717, 1.165) is 22.3 Å². The summed E-state index contributed by atoms with van der Waals surface area (Å²) in [4.78, 5) is 23.0. The second-order valence-electron chi connectivity index (χ2n) is 5.53. The van der Waals surface area contributed by atoms with Gasteiger partial charge in [-0.05, 0) is 36.0 Å². The second kappa shape index (κ2) is 8.59. The molecule has 1 saturated heterocycles. The zero-order chi connectivity index (χ0) is 20.1. The molecule has 1 N–H and O–H groups in total. The van der Waals surface area contributed by atoms with Gasteiger partial charge < -0.3 is 5.11 Å². The molecule has 0 saturated carbocycles. The number of allylic oxidation sites excluding steroid dienone is 1. The van der Waals surface area contributed by atoms with Crippen molar-refractivity contribution in [1.82, 2.24) is 5.01 Å². The monoisotopic (exact) mass is 411 g/mol. The standard InChI is InChI=1S/C19H13N3O4S2/c23-16-9-8-15(22(25)26)11-14(16)12-17-18(24)21(19(27)28-17)20-10-4-7-13-5-2-1-3-6-13/h1-12,23H/b7-4-,17-12+,20-10+. The molecule has 0 aliphatic carbocycles. The van der Waals surface area contributed by atoms with Crippen molar-refractivity contribution >= 4 is 58.3 Å². The van der Waals surface area contributed by atoms with Crippen molar-refractivity contribution in [3.05, 3.63) is 80.8 Å². The first-order valence-electron chi connectivity index (χ1n) is 7.97. The molecular weight excluding hydrogens is 398 g/mol. The fourth-order valence-corrected chi connectivity index (χ4v) is 3.46. The van der Waals surface area contributed by atoms with Gasteiger partial charge in [0.1, 0.15) is 5.75 Å². The molecule has 1 amide bonds. The molecule has 0 radical (unpaired) electrons. The number of thiocarbonyl (C=S) groups is 1. The number of rotatable bonds is 5. The van der Waals surface area contributed by atoms with E-state index in [9.17, 15) is 20.0 Å². The van der Waals surface area contributed by atoms with Crippen LogP contribution in [0, 0.1) is 10.1 Å². The van der Waals surface area contributed by atoms with Crippen molar-refractivity contribution in [2.24, 2.45) is 5.10 Å². The van der Waals surface area contributed by atoms with Gasteiger partial charge >= 0.3 is 0 Å².